The van der Waals surface area contributed by atoms with Crippen molar-refractivity contribution >= 4 is 23.0 Å². The molecular formula is C9H4N6O8. The van der Waals surface area contributed by atoms with Gasteiger partial charge in [0.05, 0.1) is 26.9 Å². The molecule has 1 heterocycles. The Morgan fingerprint density at radius 3 is 1.74 bits per heavy atom. The lowest BCUT2D eigenvalue weighted by Crippen LogP contribution is -2.08. The number of hydrogen-bond acceptors (Lipinski definition) is 9. The summed E-state index contributed by atoms with van der Waals surface area (Å²) in [5.74, 6) is -0.912. The number of non-ortho nitro benzene ring substituents is 1. The van der Waals surface area contributed by atoms with Crippen LogP contribution in [-0.4, -0.2) is 29.2 Å². The van der Waals surface area contributed by atoms with Gasteiger partial charge in [-0.05, 0) is 4.92 Å². The number of nitro benzene ring substituents is 3. The third kappa shape index (κ3) is 2.62. The second kappa shape index (κ2) is 5.43. The minimum absolute atomic E-state index is 0.478. The van der Waals surface area contributed by atoms with E-state index in [1.807, 2.05) is 0 Å². The highest BCUT2D eigenvalue weighted by Gasteiger charge is 2.36. The average Bonchev–Trinajstić information content (AvgIpc) is 2.94. The molecule has 0 radical (unpaired) electrons. The van der Waals surface area contributed by atoms with Gasteiger partial charge in [0.1, 0.15) is 12.4 Å². The maximum Gasteiger partial charge on any atom is 0.440 e. The Balaban J connectivity index is 2.92. The van der Waals surface area contributed by atoms with E-state index in [1.54, 1.807) is 0 Å². The van der Waals surface area contributed by atoms with E-state index in [1.165, 1.54) is 0 Å². The molecule has 0 saturated carbocycles. The van der Waals surface area contributed by atoms with Crippen LogP contribution in [-0.2, 0) is 0 Å². The molecule has 0 aliphatic carbocycles. The summed E-state index contributed by atoms with van der Waals surface area (Å²) in [5, 5.41) is 43.8. The highest BCUT2D eigenvalue weighted by molar-refractivity contribution is 5.70. The van der Waals surface area contributed by atoms with E-state index >= 15 is 0 Å². The molecular weight excluding hydrogens is 320 g/mol. The summed E-state index contributed by atoms with van der Waals surface area (Å²) in [4.78, 5) is 42.9. The van der Waals surface area contributed by atoms with Crippen LogP contribution in [0, 0.1) is 40.5 Å². The van der Waals surface area contributed by atoms with Crippen LogP contribution in [0.5, 0.6) is 0 Å². The molecule has 14 nitrogen and oxygen atoms in total. The highest BCUT2D eigenvalue weighted by Crippen LogP contribution is 2.38. The fraction of sp³-hybridized carbons (Fsp3) is 0. The Morgan fingerprint density at radius 1 is 0.826 bits per heavy atom. The molecule has 0 N–H and O–H groups in total. The van der Waals surface area contributed by atoms with Crippen LogP contribution in [0.3, 0.4) is 0 Å². The average molecular weight is 324 g/mol. The molecule has 118 valence electrons. The molecule has 2 aromatic rings. The first-order valence-electron chi connectivity index (χ1n) is 5.53. The molecule has 0 aliphatic rings. The second-order valence-electron chi connectivity index (χ2n) is 3.96. The lowest BCUT2D eigenvalue weighted by Gasteiger charge is -2.04. The van der Waals surface area contributed by atoms with Gasteiger partial charge in [-0.15, -0.1) is 0 Å². The predicted octanol–water partition coefficient (Wildman–Crippen LogP) is 1.51. The summed E-state index contributed by atoms with van der Waals surface area (Å²) in [6.07, 6.45) is 1.81. The van der Waals surface area contributed by atoms with Gasteiger partial charge in [0.15, 0.2) is 0 Å². The first-order valence-corrected chi connectivity index (χ1v) is 5.53. The quantitative estimate of drug-likeness (QED) is 0.578. The number of aromatic nitrogens is 2. The third-order valence-electron chi connectivity index (χ3n) is 2.68. The Hall–Kier alpha value is -3.97. The molecule has 23 heavy (non-hydrogen) atoms. The smallest absolute Gasteiger partial charge is 0.390 e. The first-order chi connectivity index (χ1) is 10.7. The van der Waals surface area contributed by atoms with Crippen LogP contribution in [0.25, 0.3) is 5.69 Å². The van der Waals surface area contributed by atoms with Crippen molar-refractivity contribution in [2.45, 2.75) is 0 Å². The summed E-state index contributed by atoms with van der Waals surface area (Å²) < 4.78 is 0.514. The van der Waals surface area contributed by atoms with E-state index in [4.69, 9.17) is 0 Å². The Kier molecular flexibility index (Phi) is 3.64. The van der Waals surface area contributed by atoms with Gasteiger partial charge in [0.2, 0.25) is 0 Å². The fourth-order valence-corrected chi connectivity index (χ4v) is 1.83. The molecule has 0 bridgehead atoms. The van der Waals surface area contributed by atoms with E-state index in [-0.39, 0.29) is 0 Å². The standard InChI is InChI=1S/C9H4N6O8/c16-12(17)5-3-6(13(18)19)8(7(4-5)14(20)21)11-2-1-10-9(11)15(22)23/h1-4H. The number of hydrogen-bond donors (Lipinski definition) is 0. The van der Waals surface area contributed by atoms with Crippen LogP contribution < -0.4 is 0 Å². The minimum atomic E-state index is -1.11. The van der Waals surface area contributed by atoms with Gasteiger partial charge in [0.25, 0.3) is 11.4 Å². The summed E-state index contributed by atoms with van der Waals surface area (Å²) in [5.41, 5.74) is -3.76. The third-order valence-corrected chi connectivity index (χ3v) is 2.68. The van der Waals surface area contributed by atoms with Crippen LogP contribution >= 0.6 is 0 Å². The molecule has 14 heteroatoms. The molecule has 0 aliphatic heterocycles. The molecule has 1 aromatic heterocycles. The summed E-state index contributed by atoms with van der Waals surface area (Å²) in [6, 6.07) is 0.956. The molecule has 0 spiro atoms. The van der Waals surface area contributed by atoms with Crippen molar-refractivity contribution in [1.82, 2.24) is 9.55 Å². The van der Waals surface area contributed by atoms with Crippen molar-refractivity contribution in [3.63, 3.8) is 0 Å². The van der Waals surface area contributed by atoms with Crippen molar-refractivity contribution < 1.29 is 19.7 Å². The molecule has 0 saturated heterocycles. The van der Waals surface area contributed by atoms with Gasteiger partial charge in [-0.3, -0.25) is 30.3 Å². The van der Waals surface area contributed by atoms with Crippen LogP contribution in [0.4, 0.5) is 23.0 Å². The molecule has 0 fully saturated rings. The maximum absolute atomic E-state index is 11.1. The monoisotopic (exact) mass is 324 g/mol. The summed E-state index contributed by atoms with van der Waals surface area (Å²) >= 11 is 0. The van der Waals surface area contributed by atoms with Gasteiger partial charge >= 0.3 is 17.3 Å². The number of nitrogens with zero attached hydrogens (tertiary/aromatic N) is 6. The lowest BCUT2D eigenvalue weighted by atomic mass is 10.2. The van der Waals surface area contributed by atoms with E-state index in [0.29, 0.717) is 16.7 Å². The highest BCUT2D eigenvalue weighted by atomic mass is 16.6. The molecule has 0 atom stereocenters. The zero-order chi connectivity index (χ0) is 17.3. The van der Waals surface area contributed by atoms with E-state index in [9.17, 15) is 40.5 Å². The van der Waals surface area contributed by atoms with Gasteiger partial charge in [-0.1, -0.05) is 4.98 Å². The second-order valence-corrected chi connectivity index (χ2v) is 3.96. The largest absolute Gasteiger partial charge is 0.440 e. The summed E-state index contributed by atoms with van der Waals surface area (Å²) in [6.45, 7) is 0. The fourth-order valence-electron chi connectivity index (χ4n) is 1.83. The van der Waals surface area contributed by atoms with Crippen LogP contribution in [0.15, 0.2) is 24.5 Å². The van der Waals surface area contributed by atoms with E-state index in [0.717, 1.165) is 12.4 Å². The lowest BCUT2D eigenvalue weighted by molar-refractivity contribution is -0.405. The molecule has 1 aromatic carbocycles. The summed E-state index contributed by atoms with van der Waals surface area (Å²) in [7, 11) is 0. The van der Waals surface area contributed by atoms with Gasteiger partial charge < -0.3 is 10.1 Å². The van der Waals surface area contributed by atoms with Crippen LogP contribution in [0.2, 0.25) is 0 Å². The number of nitro groups is 4. The topological polar surface area (TPSA) is 190 Å². The van der Waals surface area contributed by atoms with Gasteiger partial charge in [0, 0.05) is 0 Å². The van der Waals surface area contributed by atoms with Crippen molar-refractivity contribution in [2.24, 2.45) is 0 Å². The SMILES string of the molecule is O=[N+]([O-])c1cc([N+](=O)[O-])c(-n2ccnc2[N+](=O)[O-])c([N+](=O)[O-])c1. The van der Waals surface area contributed by atoms with E-state index in [2.05, 4.69) is 4.98 Å². The Bertz CT molecular complexity index is 822. The van der Waals surface area contributed by atoms with Gasteiger partial charge in [-0.25, -0.2) is 0 Å². The van der Waals surface area contributed by atoms with Crippen molar-refractivity contribution in [1.29, 1.82) is 0 Å². The number of imidazole rings is 1. The molecule has 2 rings (SSSR count). The van der Waals surface area contributed by atoms with Crippen LogP contribution in [0.1, 0.15) is 0 Å². The van der Waals surface area contributed by atoms with Gasteiger partial charge in [-0.2, -0.15) is 4.57 Å². The van der Waals surface area contributed by atoms with E-state index < -0.39 is 48.4 Å². The Labute approximate surface area is 124 Å². The zero-order valence-corrected chi connectivity index (χ0v) is 10.8. The number of rotatable bonds is 5. The zero-order valence-electron chi connectivity index (χ0n) is 10.8. The predicted molar refractivity (Wildman–Crippen MR) is 70.2 cm³/mol. The molecule has 0 unspecified atom stereocenters. The first kappa shape index (κ1) is 15.4. The van der Waals surface area contributed by atoms with Crippen molar-refractivity contribution in [3.8, 4) is 5.69 Å². The maximum atomic E-state index is 11.1. The normalized spacial score (nSPS) is 10.3. The van der Waals surface area contributed by atoms with Crippen molar-refractivity contribution in [2.75, 3.05) is 0 Å². The molecule has 0 amide bonds. The van der Waals surface area contributed by atoms with Crippen molar-refractivity contribution in [3.05, 3.63) is 65.0 Å². The Morgan fingerprint density at radius 2 is 1.35 bits per heavy atom. The number of benzene rings is 1. The minimum Gasteiger partial charge on any atom is -0.390 e.